The number of carbonyl (C=O) groups is 1. The van der Waals surface area contributed by atoms with Crippen LogP contribution in [0.1, 0.15) is 16.8 Å². The van der Waals surface area contributed by atoms with E-state index in [1.54, 1.807) is 6.26 Å². The van der Waals surface area contributed by atoms with E-state index in [0.29, 0.717) is 18.9 Å². The molecule has 0 saturated heterocycles. The fourth-order valence-corrected chi connectivity index (χ4v) is 3.04. The van der Waals surface area contributed by atoms with Crippen LogP contribution in [0.4, 0.5) is 10.5 Å². The number of hydrogen-bond acceptors (Lipinski definition) is 3. The number of nitrogens with zero attached hydrogens (tertiary/aromatic N) is 1. The Morgan fingerprint density at radius 2 is 1.85 bits per heavy atom. The summed E-state index contributed by atoms with van der Waals surface area (Å²) in [6, 6.07) is 13.5. The summed E-state index contributed by atoms with van der Waals surface area (Å²) < 4.78 is 6.38. The zero-order valence-electron chi connectivity index (χ0n) is 14.7. The molecule has 0 fully saturated rings. The first-order chi connectivity index (χ1) is 12.5. The number of urea groups is 1. The molecule has 1 heterocycles. The Labute approximate surface area is 161 Å². The van der Waals surface area contributed by atoms with Gasteiger partial charge in [0.05, 0.1) is 11.4 Å². The Morgan fingerprint density at radius 1 is 1.12 bits per heavy atom. The molecule has 134 valence electrons. The van der Waals surface area contributed by atoms with Crippen LogP contribution in [0.3, 0.4) is 0 Å². The third kappa shape index (κ3) is 4.73. The number of oxazole rings is 1. The Bertz CT molecular complexity index is 904. The molecule has 0 aliphatic rings. The van der Waals surface area contributed by atoms with Crippen molar-refractivity contribution >= 4 is 27.6 Å². The highest BCUT2D eigenvalue weighted by atomic mass is 79.9. The molecule has 6 heteroatoms. The van der Waals surface area contributed by atoms with Gasteiger partial charge in [0, 0.05) is 23.0 Å². The van der Waals surface area contributed by atoms with Crippen LogP contribution >= 0.6 is 15.9 Å². The van der Waals surface area contributed by atoms with E-state index in [4.69, 9.17) is 4.42 Å². The Kier molecular flexibility index (Phi) is 5.73. The van der Waals surface area contributed by atoms with E-state index >= 15 is 0 Å². The first-order valence-corrected chi connectivity index (χ1v) is 9.13. The topological polar surface area (TPSA) is 67.2 Å². The second kappa shape index (κ2) is 8.19. The molecule has 3 aromatic rings. The summed E-state index contributed by atoms with van der Waals surface area (Å²) >= 11 is 3.44. The van der Waals surface area contributed by atoms with Gasteiger partial charge in [0.2, 0.25) is 5.89 Å². The Balaban J connectivity index is 1.50. The number of hydrogen-bond donors (Lipinski definition) is 2. The maximum absolute atomic E-state index is 12.0. The van der Waals surface area contributed by atoms with Crippen LogP contribution < -0.4 is 10.6 Å². The molecule has 0 aliphatic carbocycles. The first kappa shape index (κ1) is 18.2. The van der Waals surface area contributed by atoms with E-state index in [-0.39, 0.29) is 6.03 Å². The van der Waals surface area contributed by atoms with E-state index < -0.39 is 0 Å². The smallest absolute Gasteiger partial charge is 0.319 e. The molecule has 0 atom stereocenters. The SMILES string of the molecule is Cc1ccc(-c2nc(CCNC(=O)Nc3ccc(C)cc3Br)co2)cc1. The molecule has 0 aliphatic heterocycles. The normalized spacial score (nSPS) is 10.6. The summed E-state index contributed by atoms with van der Waals surface area (Å²) in [5, 5.41) is 5.64. The molecule has 1 aromatic heterocycles. The summed E-state index contributed by atoms with van der Waals surface area (Å²) in [6.07, 6.45) is 2.23. The van der Waals surface area contributed by atoms with E-state index in [1.807, 2.05) is 56.3 Å². The van der Waals surface area contributed by atoms with Crippen LogP contribution in [-0.4, -0.2) is 17.6 Å². The van der Waals surface area contributed by atoms with Gasteiger partial charge in [-0.15, -0.1) is 0 Å². The van der Waals surface area contributed by atoms with Crippen molar-refractivity contribution in [3.63, 3.8) is 0 Å². The molecular formula is C20H20BrN3O2. The number of benzene rings is 2. The highest BCUT2D eigenvalue weighted by Crippen LogP contribution is 2.23. The minimum absolute atomic E-state index is 0.253. The molecule has 0 unspecified atom stereocenters. The van der Waals surface area contributed by atoms with Crippen LogP contribution in [0.5, 0.6) is 0 Å². The molecular weight excluding hydrogens is 394 g/mol. The lowest BCUT2D eigenvalue weighted by Gasteiger charge is -2.09. The van der Waals surface area contributed by atoms with E-state index in [0.717, 1.165) is 27.0 Å². The number of aromatic nitrogens is 1. The van der Waals surface area contributed by atoms with Gasteiger partial charge in [0.15, 0.2) is 0 Å². The van der Waals surface area contributed by atoms with Crippen molar-refractivity contribution in [3.05, 3.63) is 70.0 Å². The van der Waals surface area contributed by atoms with E-state index in [1.165, 1.54) is 5.56 Å². The molecule has 0 saturated carbocycles. The number of nitrogens with one attached hydrogen (secondary N) is 2. The lowest BCUT2D eigenvalue weighted by atomic mass is 10.1. The molecule has 0 bridgehead atoms. The van der Waals surface area contributed by atoms with Crippen LogP contribution in [-0.2, 0) is 6.42 Å². The van der Waals surface area contributed by atoms with Gasteiger partial charge in [-0.3, -0.25) is 0 Å². The Hall–Kier alpha value is -2.60. The second-order valence-corrected chi connectivity index (χ2v) is 6.98. The number of amides is 2. The lowest BCUT2D eigenvalue weighted by Crippen LogP contribution is -2.30. The van der Waals surface area contributed by atoms with E-state index in [9.17, 15) is 4.79 Å². The summed E-state index contributed by atoms with van der Waals surface area (Å²) in [4.78, 5) is 16.5. The maximum Gasteiger partial charge on any atom is 0.319 e. The summed E-state index contributed by atoms with van der Waals surface area (Å²) in [7, 11) is 0. The average molecular weight is 414 g/mol. The van der Waals surface area contributed by atoms with Gasteiger partial charge < -0.3 is 15.1 Å². The predicted octanol–water partition coefficient (Wildman–Crippen LogP) is 5.09. The minimum Gasteiger partial charge on any atom is -0.444 e. The van der Waals surface area contributed by atoms with Crippen molar-refractivity contribution in [3.8, 4) is 11.5 Å². The van der Waals surface area contributed by atoms with Crippen molar-refractivity contribution in [1.29, 1.82) is 0 Å². The molecule has 0 radical (unpaired) electrons. The number of rotatable bonds is 5. The summed E-state index contributed by atoms with van der Waals surface area (Å²) in [6.45, 7) is 4.50. The highest BCUT2D eigenvalue weighted by Gasteiger charge is 2.08. The number of aryl methyl sites for hydroxylation is 2. The maximum atomic E-state index is 12.0. The predicted molar refractivity (Wildman–Crippen MR) is 106 cm³/mol. The van der Waals surface area contributed by atoms with Crippen LogP contribution in [0.2, 0.25) is 0 Å². The molecule has 3 rings (SSSR count). The van der Waals surface area contributed by atoms with E-state index in [2.05, 4.69) is 31.5 Å². The highest BCUT2D eigenvalue weighted by molar-refractivity contribution is 9.10. The van der Waals surface area contributed by atoms with Crippen molar-refractivity contribution in [2.75, 3.05) is 11.9 Å². The number of anilines is 1. The molecule has 2 N–H and O–H groups in total. The van der Waals surface area contributed by atoms with Crippen molar-refractivity contribution in [2.24, 2.45) is 0 Å². The second-order valence-electron chi connectivity index (χ2n) is 6.12. The van der Waals surface area contributed by atoms with Crippen LogP contribution in [0.15, 0.2) is 57.6 Å². The monoisotopic (exact) mass is 413 g/mol. The molecule has 0 spiro atoms. The van der Waals surface area contributed by atoms with Crippen molar-refractivity contribution in [2.45, 2.75) is 20.3 Å². The fourth-order valence-electron chi connectivity index (χ4n) is 2.44. The third-order valence-corrected chi connectivity index (χ3v) is 4.55. The zero-order chi connectivity index (χ0) is 18.5. The van der Waals surface area contributed by atoms with Crippen LogP contribution in [0, 0.1) is 13.8 Å². The van der Waals surface area contributed by atoms with Gasteiger partial charge in [-0.05, 0) is 59.6 Å². The molecule has 5 nitrogen and oxygen atoms in total. The Morgan fingerprint density at radius 3 is 2.58 bits per heavy atom. The van der Waals surface area contributed by atoms with Gasteiger partial charge in [-0.25, -0.2) is 9.78 Å². The number of halogens is 1. The van der Waals surface area contributed by atoms with Crippen molar-refractivity contribution in [1.82, 2.24) is 10.3 Å². The summed E-state index contributed by atoms with van der Waals surface area (Å²) in [5.41, 5.74) is 4.79. The largest absolute Gasteiger partial charge is 0.444 e. The van der Waals surface area contributed by atoms with Gasteiger partial charge in [0.1, 0.15) is 6.26 Å². The van der Waals surface area contributed by atoms with Crippen LogP contribution in [0.25, 0.3) is 11.5 Å². The zero-order valence-corrected chi connectivity index (χ0v) is 16.3. The van der Waals surface area contributed by atoms with Crippen molar-refractivity contribution < 1.29 is 9.21 Å². The molecule has 2 aromatic carbocycles. The fraction of sp³-hybridized carbons (Fsp3) is 0.200. The minimum atomic E-state index is -0.253. The number of carbonyl (C=O) groups excluding carboxylic acids is 1. The van der Waals surface area contributed by atoms with Gasteiger partial charge >= 0.3 is 6.03 Å². The average Bonchev–Trinajstić information content (AvgIpc) is 3.07. The quantitative estimate of drug-likeness (QED) is 0.612. The molecule has 26 heavy (non-hydrogen) atoms. The van der Waals surface area contributed by atoms with Gasteiger partial charge in [0.25, 0.3) is 0 Å². The van der Waals surface area contributed by atoms with Gasteiger partial charge in [-0.2, -0.15) is 0 Å². The lowest BCUT2D eigenvalue weighted by molar-refractivity contribution is 0.252. The molecule has 2 amide bonds. The summed E-state index contributed by atoms with van der Waals surface area (Å²) in [5.74, 6) is 0.591. The third-order valence-electron chi connectivity index (χ3n) is 3.89. The standard InChI is InChI=1S/C20H20BrN3O2/c1-13-3-6-15(7-4-13)19-23-16(12-26-19)9-10-22-20(25)24-18-8-5-14(2)11-17(18)21/h3-8,11-12H,9-10H2,1-2H3,(H2,22,24,25). The first-order valence-electron chi connectivity index (χ1n) is 8.34. The van der Waals surface area contributed by atoms with Gasteiger partial charge in [-0.1, -0.05) is 23.8 Å².